The highest BCUT2D eigenvalue weighted by molar-refractivity contribution is 6.36. The molecule has 3 nitrogen and oxygen atoms in total. The number of carbonyl (C=O) groups is 1. The first kappa shape index (κ1) is 36.5. The van der Waals surface area contributed by atoms with Crippen molar-refractivity contribution in [3.8, 4) is 0 Å². The van der Waals surface area contributed by atoms with Gasteiger partial charge in [-0.1, -0.05) is 166 Å². The molecule has 0 unspecified atom stereocenters. The summed E-state index contributed by atoms with van der Waals surface area (Å²) in [5.74, 6) is 0.197. The average Bonchev–Trinajstić information content (AvgIpc) is 3.80. The zero-order valence-electron chi connectivity index (χ0n) is 32.3. The van der Waals surface area contributed by atoms with Crippen LogP contribution < -0.4 is 10.4 Å². The second-order valence-electron chi connectivity index (χ2n) is 15.9. The molecule has 0 atom stereocenters. The molecular weight excluding hydrogens is 633 g/mol. The van der Waals surface area contributed by atoms with E-state index in [9.17, 15) is 4.79 Å². The maximum Gasteiger partial charge on any atom is 0.211 e. The van der Waals surface area contributed by atoms with Crippen LogP contribution in [0.4, 0.5) is 0 Å². The molecule has 52 heavy (non-hydrogen) atoms. The molecule has 0 spiro atoms. The van der Waals surface area contributed by atoms with Crippen LogP contribution in [0.2, 0.25) is 0 Å². The van der Waals surface area contributed by atoms with Crippen molar-refractivity contribution < 1.29 is 4.79 Å². The van der Waals surface area contributed by atoms with Gasteiger partial charge in [-0.2, -0.15) is 0 Å². The van der Waals surface area contributed by atoms with E-state index in [1.807, 2.05) is 0 Å². The van der Waals surface area contributed by atoms with Crippen molar-refractivity contribution in [3.05, 3.63) is 87.9 Å². The standard InChI is InChI=1S/C49H62N2O/c1-3-5-7-9-11-13-15-17-19-25-31-50-44-29-23-21-27-39(44)42-34-37-33-38-35-43-40-28-22-24-30-45(40)51(32-26-20-18-16-14-12-10-8-6-4-2)48(43)49(52)47(38)41(37)36-46(42)50/h21-24,27-30,33-36H,3-20,25-26,31-32H2,1-2H3. The topological polar surface area (TPSA) is 26.9 Å². The van der Waals surface area contributed by atoms with E-state index in [2.05, 4.69) is 95.8 Å². The van der Waals surface area contributed by atoms with E-state index in [1.165, 1.54) is 160 Å². The van der Waals surface area contributed by atoms with Gasteiger partial charge in [0.2, 0.25) is 5.78 Å². The normalized spacial score (nSPS) is 13.6. The Bertz CT molecular complexity index is 2150. The molecule has 0 radical (unpaired) electrons. The van der Waals surface area contributed by atoms with Gasteiger partial charge in [-0.25, -0.2) is 0 Å². The van der Waals surface area contributed by atoms with Crippen LogP contribution >= 0.6 is 0 Å². The summed E-state index contributed by atoms with van der Waals surface area (Å²) in [7, 11) is 0. The van der Waals surface area contributed by atoms with E-state index >= 15 is 0 Å². The molecule has 2 aliphatic carbocycles. The molecule has 0 amide bonds. The van der Waals surface area contributed by atoms with E-state index in [0.29, 0.717) is 0 Å². The van der Waals surface area contributed by atoms with Crippen molar-refractivity contribution in [1.82, 2.24) is 9.13 Å². The number of hydrogen-bond acceptors (Lipinski definition) is 1. The van der Waals surface area contributed by atoms with E-state index in [0.717, 1.165) is 47.1 Å². The lowest BCUT2D eigenvalue weighted by Crippen LogP contribution is -2.27. The first-order chi connectivity index (χ1) is 25.7. The second-order valence-corrected chi connectivity index (χ2v) is 15.9. The predicted octanol–water partition coefficient (Wildman–Crippen LogP) is 12.8. The molecule has 0 saturated carbocycles. The van der Waals surface area contributed by atoms with Gasteiger partial charge in [-0.3, -0.25) is 4.79 Å². The van der Waals surface area contributed by atoms with Crippen LogP contribution in [0.25, 0.3) is 50.4 Å². The number of ketones is 1. The quantitative estimate of drug-likeness (QED) is 0.0663. The van der Waals surface area contributed by atoms with Crippen LogP contribution in [0.3, 0.4) is 0 Å². The number of allylic oxidation sites excluding steroid dienone is 1. The van der Waals surface area contributed by atoms with Crippen LogP contribution in [-0.2, 0) is 13.1 Å². The molecule has 2 aliphatic rings. The Kier molecular flexibility index (Phi) is 12.5. The third-order valence-electron chi connectivity index (χ3n) is 12.0. The van der Waals surface area contributed by atoms with E-state index in [1.54, 1.807) is 0 Å². The van der Waals surface area contributed by atoms with Gasteiger partial charge in [0.05, 0.1) is 5.69 Å². The van der Waals surface area contributed by atoms with Crippen molar-refractivity contribution >= 4 is 56.2 Å². The molecule has 3 heteroatoms. The van der Waals surface area contributed by atoms with Crippen molar-refractivity contribution in [2.75, 3.05) is 0 Å². The highest BCUT2D eigenvalue weighted by Crippen LogP contribution is 2.38. The fourth-order valence-electron chi connectivity index (χ4n) is 9.19. The predicted molar refractivity (Wildman–Crippen MR) is 225 cm³/mol. The number of Topliss-reactive ketones (excluding diaryl/α,β-unsaturated/α-hetero) is 1. The Morgan fingerprint density at radius 1 is 0.481 bits per heavy atom. The summed E-state index contributed by atoms with van der Waals surface area (Å²) in [6.45, 7) is 6.50. The number of para-hydroxylation sites is 2. The van der Waals surface area contributed by atoms with Gasteiger partial charge in [0.15, 0.2) is 0 Å². The van der Waals surface area contributed by atoms with Gasteiger partial charge in [-0.15, -0.1) is 0 Å². The number of carbonyl (C=O) groups excluding carboxylic acids is 1. The first-order valence-corrected chi connectivity index (χ1v) is 21.4. The lowest BCUT2D eigenvalue weighted by Gasteiger charge is -2.16. The van der Waals surface area contributed by atoms with Crippen LogP contribution in [0, 0.1) is 0 Å². The zero-order chi connectivity index (χ0) is 35.7. The third-order valence-corrected chi connectivity index (χ3v) is 12.0. The van der Waals surface area contributed by atoms with Gasteiger partial charge in [-0.05, 0) is 65.3 Å². The summed E-state index contributed by atoms with van der Waals surface area (Å²) < 4.78 is 4.90. The smallest absolute Gasteiger partial charge is 0.211 e. The van der Waals surface area contributed by atoms with Crippen LogP contribution in [0.5, 0.6) is 0 Å². The van der Waals surface area contributed by atoms with Crippen molar-refractivity contribution in [2.24, 2.45) is 0 Å². The second kappa shape index (κ2) is 17.8. The monoisotopic (exact) mass is 694 g/mol. The number of nitrogens with zero attached hydrogens (tertiary/aromatic N) is 2. The van der Waals surface area contributed by atoms with Crippen molar-refractivity contribution in [3.63, 3.8) is 0 Å². The minimum absolute atomic E-state index is 0.197. The number of hydrogen-bond donors (Lipinski definition) is 0. The summed E-state index contributed by atoms with van der Waals surface area (Å²) in [5, 5.41) is 6.11. The van der Waals surface area contributed by atoms with Crippen LogP contribution in [0.15, 0.2) is 66.2 Å². The van der Waals surface area contributed by atoms with E-state index in [4.69, 9.17) is 0 Å². The molecule has 7 rings (SSSR count). The van der Waals surface area contributed by atoms with Crippen LogP contribution in [-0.4, -0.2) is 14.9 Å². The number of aryl methyl sites for hydroxylation is 2. The zero-order valence-corrected chi connectivity index (χ0v) is 32.3. The van der Waals surface area contributed by atoms with Crippen molar-refractivity contribution in [1.29, 1.82) is 0 Å². The largest absolute Gasteiger partial charge is 0.340 e. The molecule has 3 aromatic carbocycles. The number of benzene rings is 3. The van der Waals surface area contributed by atoms with Crippen molar-refractivity contribution in [2.45, 2.75) is 155 Å². The molecule has 2 aromatic heterocycles. The number of rotatable bonds is 22. The molecule has 0 aliphatic heterocycles. The minimum Gasteiger partial charge on any atom is -0.340 e. The number of aromatic nitrogens is 2. The van der Waals surface area contributed by atoms with Gasteiger partial charge in [0, 0.05) is 56.9 Å². The Hall–Kier alpha value is -3.85. The highest BCUT2D eigenvalue weighted by atomic mass is 16.1. The Balaban J connectivity index is 1.11. The molecule has 274 valence electrons. The molecule has 0 N–H and O–H groups in total. The lowest BCUT2D eigenvalue weighted by atomic mass is 9.91. The minimum atomic E-state index is 0.197. The average molecular weight is 695 g/mol. The maximum atomic E-state index is 14.8. The SMILES string of the molecule is CCCCCCCCCCCCn1c2c(c3ccccc31)C=C1C=c3cc4c5ccccc5n(CCCCCCCCCCCC)c4cc3=C1C2=O. The Morgan fingerprint density at radius 3 is 1.58 bits per heavy atom. The summed E-state index contributed by atoms with van der Waals surface area (Å²) in [5.41, 5.74) is 7.75. The summed E-state index contributed by atoms with van der Waals surface area (Å²) in [4.78, 5) is 14.8. The molecule has 0 saturated heterocycles. The summed E-state index contributed by atoms with van der Waals surface area (Å²) >= 11 is 0. The molecule has 0 fully saturated rings. The molecular formula is C49H62N2O. The third kappa shape index (κ3) is 7.75. The van der Waals surface area contributed by atoms with Gasteiger partial charge >= 0.3 is 0 Å². The maximum absolute atomic E-state index is 14.8. The summed E-state index contributed by atoms with van der Waals surface area (Å²) in [6, 6.07) is 22.3. The highest BCUT2D eigenvalue weighted by Gasteiger charge is 2.32. The molecule has 2 heterocycles. The van der Waals surface area contributed by atoms with Gasteiger partial charge in [0.25, 0.3) is 0 Å². The van der Waals surface area contributed by atoms with E-state index < -0.39 is 0 Å². The number of fused-ring (bicyclic) bond motifs is 8. The van der Waals surface area contributed by atoms with Gasteiger partial charge in [0.1, 0.15) is 0 Å². The molecule has 5 aromatic rings. The van der Waals surface area contributed by atoms with Gasteiger partial charge < -0.3 is 9.13 Å². The van der Waals surface area contributed by atoms with Crippen LogP contribution in [0.1, 0.15) is 158 Å². The Morgan fingerprint density at radius 2 is 0.981 bits per heavy atom. The van der Waals surface area contributed by atoms with E-state index in [-0.39, 0.29) is 5.78 Å². The Labute approximate surface area is 312 Å². The summed E-state index contributed by atoms with van der Waals surface area (Å²) in [6.07, 6.45) is 31.2. The lowest BCUT2D eigenvalue weighted by molar-refractivity contribution is 0.104. The molecule has 0 bridgehead atoms. The first-order valence-electron chi connectivity index (χ1n) is 21.4. The fraction of sp³-hybridized carbons (Fsp3) is 0.490. The number of unbranched alkanes of at least 4 members (excludes halogenated alkanes) is 18. The fourth-order valence-corrected chi connectivity index (χ4v) is 9.19.